The first-order chi connectivity index (χ1) is 14.5. The minimum absolute atomic E-state index is 0.290. The second-order valence-electron chi connectivity index (χ2n) is 8.28. The van der Waals surface area contributed by atoms with E-state index in [9.17, 15) is 14.4 Å². The van der Waals surface area contributed by atoms with Gasteiger partial charge >= 0.3 is 11.9 Å². The maximum atomic E-state index is 13.2. The van der Waals surface area contributed by atoms with Gasteiger partial charge in [0.25, 0.3) is 0 Å². The van der Waals surface area contributed by atoms with E-state index in [1.807, 2.05) is 6.07 Å². The van der Waals surface area contributed by atoms with Crippen molar-refractivity contribution in [2.24, 2.45) is 10.9 Å². The van der Waals surface area contributed by atoms with Crippen LogP contribution in [0.5, 0.6) is 5.75 Å². The van der Waals surface area contributed by atoms with Crippen LogP contribution >= 0.6 is 0 Å². The lowest BCUT2D eigenvalue weighted by atomic mass is 9.75. The van der Waals surface area contributed by atoms with Crippen molar-refractivity contribution >= 4 is 23.6 Å². The third-order valence-electron chi connectivity index (χ3n) is 4.79. The summed E-state index contributed by atoms with van der Waals surface area (Å²) >= 11 is 0. The fourth-order valence-electron chi connectivity index (χ4n) is 3.59. The van der Waals surface area contributed by atoms with E-state index >= 15 is 0 Å². The molecule has 0 fully saturated rings. The SMILES string of the molecule is COC(=O)C1C(C)=NC(C)=C(C(=O)NCC(=O)OC(C)(C)C)C1c1cccc(OC)c1. The van der Waals surface area contributed by atoms with Crippen molar-refractivity contribution in [3.05, 3.63) is 41.1 Å². The largest absolute Gasteiger partial charge is 0.497 e. The topological polar surface area (TPSA) is 103 Å². The van der Waals surface area contributed by atoms with E-state index in [0.717, 1.165) is 0 Å². The lowest BCUT2D eigenvalue weighted by Crippen LogP contribution is -2.41. The second-order valence-corrected chi connectivity index (χ2v) is 8.28. The Labute approximate surface area is 182 Å². The molecule has 8 heteroatoms. The highest BCUT2D eigenvalue weighted by Crippen LogP contribution is 2.40. The highest BCUT2D eigenvalue weighted by Gasteiger charge is 2.41. The summed E-state index contributed by atoms with van der Waals surface area (Å²) in [5, 5.41) is 2.60. The van der Waals surface area contributed by atoms with Crippen LogP contribution in [0.3, 0.4) is 0 Å². The smallest absolute Gasteiger partial charge is 0.325 e. The van der Waals surface area contributed by atoms with Gasteiger partial charge in [0.15, 0.2) is 0 Å². The van der Waals surface area contributed by atoms with Gasteiger partial charge < -0.3 is 19.5 Å². The Morgan fingerprint density at radius 3 is 2.39 bits per heavy atom. The Morgan fingerprint density at radius 2 is 1.81 bits per heavy atom. The number of aliphatic imine (C=N–C) groups is 1. The average molecular weight is 431 g/mol. The highest BCUT2D eigenvalue weighted by molar-refractivity contribution is 6.08. The van der Waals surface area contributed by atoms with Crippen molar-refractivity contribution in [2.45, 2.75) is 46.1 Å². The van der Waals surface area contributed by atoms with E-state index in [1.165, 1.54) is 7.11 Å². The lowest BCUT2D eigenvalue weighted by molar-refractivity contribution is -0.154. The first-order valence-electron chi connectivity index (χ1n) is 9.96. The molecule has 2 atom stereocenters. The number of nitrogens with zero attached hydrogens (tertiary/aromatic N) is 1. The van der Waals surface area contributed by atoms with E-state index in [1.54, 1.807) is 59.9 Å². The molecule has 0 spiro atoms. The number of nitrogens with one attached hydrogen (secondary N) is 1. The van der Waals surface area contributed by atoms with Crippen molar-refractivity contribution in [3.63, 3.8) is 0 Å². The number of esters is 2. The summed E-state index contributed by atoms with van der Waals surface area (Å²) in [6, 6.07) is 7.15. The van der Waals surface area contributed by atoms with Crippen LogP contribution in [0.15, 0.2) is 40.5 Å². The third kappa shape index (κ3) is 5.93. The number of carbonyl (C=O) groups excluding carboxylic acids is 3. The van der Waals surface area contributed by atoms with Gasteiger partial charge in [-0.1, -0.05) is 12.1 Å². The molecule has 1 aliphatic rings. The van der Waals surface area contributed by atoms with Crippen LogP contribution in [0.1, 0.15) is 46.1 Å². The number of methoxy groups -OCH3 is 2. The molecule has 31 heavy (non-hydrogen) atoms. The summed E-state index contributed by atoms with van der Waals surface area (Å²) in [7, 11) is 2.84. The molecule has 1 heterocycles. The van der Waals surface area contributed by atoms with Gasteiger partial charge in [0.2, 0.25) is 5.91 Å². The van der Waals surface area contributed by atoms with Crippen LogP contribution in [-0.2, 0) is 23.9 Å². The van der Waals surface area contributed by atoms with Gasteiger partial charge in [-0.05, 0) is 52.3 Å². The Hall–Kier alpha value is -3.16. The molecule has 1 amide bonds. The minimum Gasteiger partial charge on any atom is -0.497 e. The molecular formula is C23H30N2O6. The zero-order chi connectivity index (χ0) is 23.3. The molecule has 168 valence electrons. The van der Waals surface area contributed by atoms with Crippen molar-refractivity contribution in [2.75, 3.05) is 20.8 Å². The number of benzene rings is 1. The van der Waals surface area contributed by atoms with Crippen molar-refractivity contribution in [1.82, 2.24) is 5.32 Å². The van der Waals surface area contributed by atoms with Crippen LogP contribution in [0.4, 0.5) is 0 Å². The van der Waals surface area contributed by atoms with Crippen LogP contribution < -0.4 is 10.1 Å². The van der Waals surface area contributed by atoms with Crippen LogP contribution in [0.2, 0.25) is 0 Å². The van der Waals surface area contributed by atoms with Crippen LogP contribution in [0.25, 0.3) is 0 Å². The molecule has 0 aromatic heterocycles. The van der Waals surface area contributed by atoms with Gasteiger partial charge in [-0.2, -0.15) is 0 Å². The summed E-state index contributed by atoms with van der Waals surface area (Å²) in [4.78, 5) is 42.3. The number of hydrogen-bond acceptors (Lipinski definition) is 7. The fourth-order valence-corrected chi connectivity index (χ4v) is 3.59. The molecule has 1 aromatic carbocycles. The number of amides is 1. The molecule has 1 N–H and O–H groups in total. The molecule has 1 aliphatic heterocycles. The van der Waals surface area contributed by atoms with Gasteiger partial charge in [0, 0.05) is 22.9 Å². The lowest BCUT2D eigenvalue weighted by Gasteiger charge is -2.32. The zero-order valence-electron chi connectivity index (χ0n) is 19.1. The zero-order valence-corrected chi connectivity index (χ0v) is 19.1. The van der Waals surface area contributed by atoms with Crippen molar-refractivity contribution in [1.29, 1.82) is 0 Å². The molecule has 2 rings (SSSR count). The first-order valence-corrected chi connectivity index (χ1v) is 9.96. The Kier molecular flexibility index (Phi) is 7.60. The number of carbonyl (C=O) groups is 3. The predicted molar refractivity (Wildman–Crippen MR) is 116 cm³/mol. The van der Waals surface area contributed by atoms with E-state index in [4.69, 9.17) is 14.2 Å². The summed E-state index contributed by atoms with van der Waals surface area (Å²) in [5.74, 6) is -2.41. The molecule has 0 bridgehead atoms. The third-order valence-corrected chi connectivity index (χ3v) is 4.79. The van der Waals surface area contributed by atoms with Gasteiger partial charge in [0.05, 0.1) is 14.2 Å². The predicted octanol–water partition coefficient (Wildman–Crippen LogP) is 2.77. The van der Waals surface area contributed by atoms with Gasteiger partial charge in [-0.15, -0.1) is 0 Å². The van der Waals surface area contributed by atoms with Gasteiger partial charge in [-0.25, -0.2) is 0 Å². The molecule has 1 aromatic rings. The summed E-state index contributed by atoms with van der Waals surface area (Å²) in [5.41, 5.74) is 1.33. The Bertz CT molecular complexity index is 926. The van der Waals surface area contributed by atoms with Crippen molar-refractivity contribution in [3.8, 4) is 5.75 Å². The normalized spacial score (nSPS) is 18.7. The maximum absolute atomic E-state index is 13.2. The molecule has 8 nitrogen and oxygen atoms in total. The quantitative estimate of drug-likeness (QED) is 0.696. The fraction of sp³-hybridized carbons (Fsp3) is 0.478. The van der Waals surface area contributed by atoms with Gasteiger partial charge in [-0.3, -0.25) is 19.4 Å². The van der Waals surface area contributed by atoms with E-state index < -0.39 is 35.3 Å². The van der Waals surface area contributed by atoms with E-state index in [0.29, 0.717) is 22.7 Å². The Balaban J connectivity index is 2.44. The Morgan fingerprint density at radius 1 is 1.13 bits per heavy atom. The minimum atomic E-state index is -0.789. The number of ether oxygens (including phenoxy) is 3. The first kappa shape index (κ1) is 24.1. The summed E-state index contributed by atoms with van der Waals surface area (Å²) < 4.78 is 15.6. The summed E-state index contributed by atoms with van der Waals surface area (Å²) in [6.45, 7) is 8.37. The highest BCUT2D eigenvalue weighted by atomic mass is 16.6. The molecule has 2 unspecified atom stereocenters. The summed E-state index contributed by atoms with van der Waals surface area (Å²) in [6.07, 6.45) is 0. The molecule has 0 saturated heterocycles. The maximum Gasteiger partial charge on any atom is 0.325 e. The molecule has 0 radical (unpaired) electrons. The monoisotopic (exact) mass is 430 g/mol. The molecule has 0 aliphatic carbocycles. The van der Waals surface area contributed by atoms with Crippen LogP contribution in [-0.4, -0.2) is 49.9 Å². The number of allylic oxidation sites excluding steroid dienone is 1. The molecule has 0 saturated carbocycles. The second kappa shape index (κ2) is 9.76. The van der Waals surface area contributed by atoms with Gasteiger partial charge in [0.1, 0.15) is 23.8 Å². The van der Waals surface area contributed by atoms with Crippen LogP contribution in [0, 0.1) is 5.92 Å². The number of rotatable bonds is 6. The van der Waals surface area contributed by atoms with Crippen molar-refractivity contribution < 1.29 is 28.6 Å². The van der Waals surface area contributed by atoms with E-state index in [-0.39, 0.29) is 12.1 Å². The molecular weight excluding hydrogens is 400 g/mol. The number of hydrogen-bond donors (Lipinski definition) is 1. The van der Waals surface area contributed by atoms with E-state index in [2.05, 4.69) is 10.3 Å². The average Bonchev–Trinajstić information content (AvgIpc) is 2.69. The standard InChI is InChI=1S/C23H30N2O6/c1-13-18(21(27)24-12-17(26)31-23(3,4)5)20(15-9-8-10-16(11-15)29-6)19(14(2)25-13)22(28)30-7/h8-11,19-20H,12H2,1-7H3,(H,24,27).